The summed E-state index contributed by atoms with van der Waals surface area (Å²) >= 11 is 0. The molecule has 1 N–H and O–H groups in total. The first kappa shape index (κ1) is 14.6. The number of hydrogen-bond acceptors (Lipinski definition) is 4. The van der Waals surface area contributed by atoms with Crippen molar-refractivity contribution in [2.24, 2.45) is 0 Å². The quantitative estimate of drug-likeness (QED) is 0.807. The smallest absolute Gasteiger partial charge is 0.339 e. The highest BCUT2D eigenvalue weighted by Crippen LogP contribution is 2.20. The maximum absolute atomic E-state index is 11.1. The number of aromatic nitrogens is 2. The fourth-order valence-electron chi connectivity index (χ4n) is 1.81. The molecule has 1 unspecified atom stereocenters. The summed E-state index contributed by atoms with van der Waals surface area (Å²) in [6.07, 6.45) is 4.51. The van der Waals surface area contributed by atoms with Crippen molar-refractivity contribution >= 4 is 5.97 Å². The molecule has 0 saturated carbocycles. The zero-order valence-electron chi connectivity index (χ0n) is 11.1. The Balaban J connectivity index is 3.08. The molecule has 18 heavy (non-hydrogen) atoms. The average molecular weight is 252 g/mol. The van der Waals surface area contributed by atoms with Gasteiger partial charge in [-0.2, -0.15) is 0 Å². The molecule has 1 heterocycles. The van der Waals surface area contributed by atoms with Gasteiger partial charge in [-0.05, 0) is 12.8 Å². The van der Waals surface area contributed by atoms with Crippen molar-refractivity contribution in [1.29, 1.82) is 0 Å². The van der Waals surface area contributed by atoms with Crippen LogP contribution in [0, 0.1) is 0 Å². The highest BCUT2D eigenvalue weighted by atomic mass is 16.5. The van der Waals surface area contributed by atoms with Crippen LogP contribution in [0.25, 0.3) is 0 Å². The number of methoxy groups -OCH3 is 1. The standard InChI is InChI=1S/C13H20N2O3/c1-4-6-10-9(13(16)17)8-14-12(15-10)11(18-3)7-5-2/h8,11H,4-7H2,1-3H3,(H,16,17). The van der Waals surface area contributed by atoms with Crippen LogP contribution in [-0.4, -0.2) is 28.2 Å². The molecule has 0 radical (unpaired) electrons. The molecule has 0 aliphatic rings. The van der Waals surface area contributed by atoms with Crippen LogP contribution in [0.15, 0.2) is 6.20 Å². The van der Waals surface area contributed by atoms with Gasteiger partial charge in [-0.25, -0.2) is 14.8 Å². The number of carboxylic acids is 1. The summed E-state index contributed by atoms with van der Waals surface area (Å²) in [5.41, 5.74) is 0.778. The summed E-state index contributed by atoms with van der Waals surface area (Å²) < 4.78 is 5.34. The predicted octanol–water partition coefficient (Wildman–Crippen LogP) is 2.61. The van der Waals surface area contributed by atoms with E-state index in [1.807, 2.05) is 6.92 Å². The zero-order valence-corrected chi connectivity index (χ0v) is 11.1. The third-order valence-electron chi connectivity index (χ3n) is 2.73. The van der Waals surface area contributed by atoms with Crippen molar-refractivity contribution in [1.82, 2.24) is 9.97 Å². The van der Waals surface area contributed by atoms with E-state index in [0.717, 1.165) is 19.3 Å². The van der Waals surface area contributed by atoms with E-state index >= 15 is 0 Å². The number of rotatable bonds is 7. The molecular formula is C13H20N2O3. The highest BCUT2D eigenvalue weighted by Gasteiger charge is 2.17. The molecule has 0 amide bonds. The van der Waals surface area contributed by atoms with Gasteiger partial charge < -0.3 is 9.84 Å². The summed E-state index contributed by atoms with van der Waals surface area (Å²) in [6, 6.07) is 0. The predicted molar refractivity (Wildman–Crippen MR) is 67.6 cm³/mol. The van der Waals surface area contributed by atoms with Gasteiger partial charge in [-0.15, -0.1) is 0 Å². The van der Waals surface area contributed by atoms with Gasteiger partial charge in [0.2, 0.25) is 0 Å². The van der Waals surface area contributed by atoms with Gasteiger partial charge in [0, 0.05) is 13.3 Å². The summed E-state index contributed by atoms with van der Waals surface area (Å²) in [6.45, 7) is 4.05. The van der Waals surface area contributed by atoms with Crippen molar-refractivity contribution in [3.8, 4) is 0 Å². The minimum atomic E-state index is -0.977. The molecule has 0 saturated heterocycles. The maximum Gasteiger partial charge on any atom is 0.339 e. The van der Waals surface area contributed by atoms with E-state index in [-0.39, 0.29) is 11.7 Å². The lowest BCUT2D eigenvalue weighted by atomic mass is 10.1. The van der Waals surface area contributed by atoms with Crippen molar-refractivity contribution in [3.05, 3.63) is 23.3 Å². The van der Waals surface area contributed by atoms with Gasteiger partial charge in [0.25, 0.3) is 0 Å². The fraction of sp³-hybridized carbons (Fsp3) is 0.615. The minimum absolute atomic E-state index is 0.159. The lowest BCUT2D eigenvalue weighted by Gasteiger charge is -2.14. The van der Waals surface area contributed by atoms with E-state index in [4.69, 9.17) is 9.84 Å². The van der Waals surface area contributed by atoms with Crippen molar-refractivity contribution in [3.63, 3.8) is 0 Å². The van der Waals surface area contributed by atoms with Gasteiger partial charge in [0.05, 0.1) is 11.3 Å². The molecule has 100 valence electrons. The highest BCUT2D eigenvalue weighted by molar-refractivity contribution is 5.88. The van der Waals surface area contributed by atoms with E-state index in [0.29, 0.717) is 17.9 Å². The molecule has 1 atom stereocenters. The molecule has 0 aliphatic heterocycles. The largest absolute Gasteiger partial charge is 0.478 e. The first-order chi connectivity index (χ1) is 8.63. The van der Waals surface area contributed by atoms with Gasteiger partial charge >= 0.3 is 5.97 Å². The lowest BCUT2D eigenvalue weighted by Crippen LogP contribution is -2.13. The van der Waals surface area contributed by atoms with Crippen LogP contribution >= 0.6 is 0 Å². The van der Waals surface area contributed by atoms with Crippen molar-refractivity contribution in [2.45, 2.75) is 45.6 Å². The Hall–Kier alpha value is -1.49. The molecule has 1 aromatic heterocycles. The molecular weight excluding hydrogens is 232 g/mol. The van der Waals surface area contributed by atoms with E-state index in [1.165, 1.54) is 6.20 Å². The summed E-state index contributed by atoms with van der Waals surface area (Å²) in [7, 11) is 1.62. The van der Waals surface area contributed by atoms with E-state index in [9.17, 15) is 4.79 Å². The third kappa shape index (κ3) is 3.50. The number of carbonyl (C=O) groups is 1. The number of hydrogen-bond donors (Lipinski definition) is 1. The van der Waals surface area contributed by atoms with Crippen LogP contribution in [0.2, 0.25) is 0 Å². The molecule has 1 rings (SSSR count). The van der Waals surface area contributed by atoms with Crippen LogP contribution in [0.1, 0.15) is 61.1 Å². The Morgan fingerprint density at radius 2 is 2.17 bits per heavy atom. The second kappa shape index (κ2) is 7.06. The van der Waals surface area contributed by atoms with E-state index in [1.54, 1.807) is 7.11 Å². The van der Waals surface area contributed by atoms with Crippen molar-refractivity contribution < 1.29 is 14.6 Å². The maximum atomic E-state index is 11.1. The van der Waals surface area contributed by atoms with Crippen LogP contribution in [0.3, 0.4) is 0 Å². The zero-order chi connectivity index (χ0) is 13.5. The third-order valence-corrected chi connectivity index (χ3v) is 2.73. The molecule has 0 spiro atoms. The Bertz CT molecular complexity index is 407. The minimum Gasteiger partial charge on any atom is -0.478 e. The molecule has 5 nitrogen and oxygen atoms in total. The summed E-state index contributed by atoms with van der Waals surface area (Å²) in [5, 5.41) is 9.07. The number of nitrogens with zero attached hydrogens (tertiary/aromatic N) is 2. The first-order valence-electron chi connectivity index (χ1n) is 6.25. The van der Waals surface area contributed by atoms with Crippen LogP contribution in [-0.2, 0) is 11.2 Å². The lowest BCUT2D eigenvalue weighted by molar-refractivity contribution is 0.0691. The van der Waals surface area contributed by atoms with Gasteiger partial charge in [0.15, 0.2) is 5.82 Å². The molecule has 0 fully saturated rings. The van der Waals surface area contributed by atoms with Crippen LogP contribution in [0.4, 0.5) is 0 Å². The molecule has 5 heteroatoms. The number of aromatic carboxylic acids is 1. The van der Waals surface area contributed by atoms with Gasteiger partial charge in [0.1, 0.15) is 6.10 Å². The monoisotopic (exact) mass is 252 g/mol. The van der Waals surface area contributed by atoms with E-state index in [2.05, 4.69) is 16.9 Å². The van der Waals surface area contributed by atoms with Gasteiger partial charge in [-0.1, -0.05) is 26.7 Å². The number of carboxylic acid groups (broad SMARTS) is 1. The second-order valence-corrected chi connectivity index (χ2v) is 4.16. The summed E-state index contributed by atoms with van der Waals surface area (Å²) in [4.78, 5) is 19.5. The SMILES string of the molecule is CCCc1nc(C(CCC)OC)ncc1C(=O)O. The van der Waals surface area contributed by atoms with Crippen LogP contribution < -0.4 is 0 Å². The Labute approximate surface area is 107 Å². The molecule has 0 aliphatic carbocycles. The number of aryl methyl sites for hydroxylation is 1. The Morgan fingerprint density at radius 1 is 1.44 bits per heavy atom. The second-order valence-electron chi connectivity index (χ2n) is 4.16. The molecule has 1 aromatic rings. The van der Waals surface area contributed by atoms with Crippen LogP contribution in [0.5, 0.6) is 0 Å². The fourth-order valence-corrected chi connectivity index (χ4v) is 1.81. The Morgan fingerprint density at radius 3 is 2.67 bits per heavy atom. The molecule has 0 aromatic carbocycles. The van der Waals surface area contributed by atoms with Crippen molar-refractivity contribution in [2.75, 3.05) is 7.11 Å². The average Bonchev–Trinajstić information content (AvgIpc) is 2.36. The first-order valence-corrected chi connectivity index (χ1v) is 6.25. The number of ether oxygens (including phenoxy) is 1. The summed E-state index contributed by atoms with van der Waals surface area (Å²) in [5.74, 6) is -0.401. The molecule has 0 bridgehead atoms. The topological polar surface area (TPSA) is 72.3 Å². The van der Waals surface area contributed by atoms with E-state index < -0.39 is 5.97 Å². The van der Waals surface area contributed by atoms with Gasteiger partial charge in [-0.3, -0.25) is 0 Å². The normalized spacial score (nSPS) is 12.4. The Kier molecular flexibility index (Phi) is 5.71.